The Labute approximate surface area is 166 Å². The van der Waals surface area contributed by atoms with E-state index in [4.69, 9.17) is 21.7 Å². The Morgan fingerprint density at radius 2 is 1.67 bits per heavy atom. The molecule has 0 bridgehead atoms. The number of nitrogens with one attached hydrogen (secondary N) is 1. The normalized spacial score (nSPS) is 16.8. The summed E-state index contributed by atoms with van der Waals surface area (Å²) in [7, 11) is 3.28. The molecular weight excluding hydrogens is 358 g/mol. The van der Waals surface area contributed by atoms with E-state index in [-0.39, 0.29) is 0 Å². The van der Waals surface area contributed by atoms with Gasteiger partial charge in [0.2, 0.25) is 0 Å². The molecule has 1 saturated heterocycles. The minimum absolute atomic E-state index is 0.376. The smallest absolute Gasteiger partial charge is 0.173 e. The van der Waals surface area contributed by atoms with Gasteiger partial charge in [0.05, 0.1) is 14.2 Å². The van der Waals surface area contributed by atoms with Crippen molar-refractivity contribution in [2.45, 2.75) is 19.9 Å². The number of benzene rings is 2. The van der Waals surface area contributed by atoms with Gasteiger partial charge in [-0.1, -0.05) is 17.7 Å². The summed E-state index contributed by atoms with van der Waals surface area (Å²) in [5.74, 6) is 1.47. The third kappa shape index (κ3) is 4.63. The fraction of sp³-hybridized carbons (Fsp3) is 0.381. The number of methoxy groups -OCH3 is 2. The van der Waals surface area contributed by atoms with Gasteiger partial charge in [0.25, 0.3) is 0 Å². The van der Waals surface area contributed by atoms with Crippen molar-refractivity contribution in [3.05, 3.63) is 48.0 Å². The summed E-state index contributed by atoms with van der Waals surface area (Å²) in [4.78, 5) is 4.66. The lowest BCUT2D eigenvalue weighted by Gasteiger charge is -2.42. The number of anilines is 2. The van der Waals surface area contributed by atoms with Gasteiger partial charge in [-0.05, 0) is 38.2 Å². The molecule has 6 heteroatoms. The molecule has 5 nitrogen and oxygen atoms in total. The number of rotatable bonds is 4. The van der Waals surface area contributed by atoms with Crippen LogP contribution in [0.15, 0.2) is 42.5 Å². The van der Waals surface area contributed by atoms with E-state index in [9.17, 15) is 0 Å². The Bertz CT molecular complexity index is 772. The molecule has 0 amide bonds. The minimum atomic E-state index is 0.376. The fourth-order valence-corrected chi connectivity index (χ4v) is 3.63. The van der Waals surface area contributed by atoms with Gasteiger partial charge in [0.1, 0.15) is 11.5 Å². The molecule has 144 valence electrons. The Hall–Kier alpha value is -2.47. The first kappa shape index (κ1) is 19.3. The second-order valence-electron chi connectivity index (χ2n) is 6.86. The van der Waals surface area contributed by atoms with Gasteiger partial charge in [-0.2, -0.15) is 0 Å². The molecule has 1 N–H and O–H groups in total. The fourth-order valence-electron chi connectivity index (χ4n) is 3.34. The molecule has 1 aliphatic heterocycles. The molecule has 0 radical (unpaired) electrons. The number of piperazine rings is 1. The maximum atomic E-state index is 5.66. The zero-order chi connectivity index (χ0) is 19.4. The summed E-state index contributed by atoms with van der Waals surface area (Å²) in [6.07, 6.45) is 0. The molecule has 1 heterocycles. The predicted octanol–water partition coefficient (Wildman–Crippen LogP) is 3.92. The van der Waals surface area contributed by atoms with Crippen LogP contribution in [0.25, 0.3) is 0 Å². The molecule has 0 saturated carbocycles. The Morgan fingerprint density at radius 3 is 2.22 bits per heavy atom. The number of ether oxygens (including phenoxy) is 2. The highest BCUT2D eigenvalue weighted by molar-refractivity contribution is 7.80. The molecule has 0 aliphatic carbocycles. The first-order valence-corrected chi connectivity index (χ1v) is 9.53. The van der Waals surface area contributed by atoms with Crippen molar-refractivity contribution < 1.29 is 9.47 Å². The number of thiocarbonyl (C=S) groups is 1. The number of nitrogens with zero attached hydrogens (tertiary/aromatic N) is 2. The van der Waals surface area contributed by atoms with E-state index in [0.717, 1.165) is 41.9 Å². The SMILES string of the molecule is COc1cc(NC(=S)N2CCN(c3ccc(C)cc3)C(C)C2)cc(OC)c1. The molecule has 1 fully saturated rings. The van der Waals surface area contributed by atoms with Gasteiger partial charge < -0.3 is 24.6 Å². The van der Waals surface area contributed by atoms with E-state index in [1.54, 1.807) is 14.2 Å². The third-order valence-electron chi connectivity index (χ3n) is 4.88. The second kappa shape index (κ2) is 8.48. The van der Waals surface area contributed by atoms with Crippen LogP contribution >= 0.6 is 12.2 Å². The van der Waals surface area contributed by atoms with Crippen molar-refractivity contribution in [3.8, 4) is 11.5 Å². The van der Waals surface area contributed by atoms with Crippen molar-refractivity contribution >= 4 is 28.7 Å². The summed E-state index contributed by atoms with van der Waals surface area (Å²) in [6.45, 7) is 7.05. The lowest BCUT2D eigenvalue weighted by molar-refractivity contribution is 0.342. The van der Waals surface area contributed by atoms with Crippen LogP contribution in [-0.4, -0.2) is 49.9 Å². The molecule has 27 heavy (non-hydrogen) atoms. The van der Waals surface area contributed by atoms with Crippen LogP contribution in [0.2, 0.25) is 0 Å². The monoisotopic (exact) mass is 385 g/mol. The Kier molecular flexibility index (Phi) is 6.06. The summed E-state index contributed by atoms with van der Waals surface area (Å²) < 4.78 is 10.7. The van der Waals surface area contributed by atoms with Crippen LogP contribution in [0.1, 0.15) is 12.5 Å². The van der Waals surface area contributed by atoms with Gasteiger partial charge in [0.15, 0.2) is 5.11 Å². The first-order valence-electron chi connectivity index (χ1n) is 9.12. The predicted molar refractivity (Wildman–Crippen MR) is 115 cm³/mol. The number of hydrogen-bond donors (Lipinski definition) is 1. The zero-order valence-electron chi connectivity index (χ0n) is 16.4. The van der Waals surface area contributed by atoms with E-state index in [0.29, 0.717) is 6.04 Å². The summed E-state index contributed by atoms with van der Waals surface area (Å²) in [5, 5.41) is 4.05. The molecule has 0 spiro atoms. The van der Waals surface area contributed by atoms with E-state index in [1.807, 2.05) is 18.2 Å². The van der Waals surface area contributed by atoms with E-state index in [1.165, 1.54) is 11.3 Å². The van der Waals surface area contributed by atoms with E-state index >= 15 is 0 Å². The van der Waals surface area contributed by atoms with Crippen LogP contribution in [-0.2, 0) is 0 Å². The standard InChI is InChI=1S/C21H27N3O2S/c1-15-5-7-18(8-6-15)24-10-9-23(14-16(24)2)21(27)22-17-11-19(25-3)13-20(12-17)26-4/h5-8,11-13,16H,9-10,14H2,1-4H3,(H,22,27). The molecule has 3 rings (SSSR count). The largest absolute Gasteiger partial charge is 0.497 e. The quantitative estimate of drug-likeness (QED) is 0.804. The second-order valence-corrected chi connectivity index (χ2v) is 7.24. The van der Waals surface area contributed by atoms with Crippen LogP contribution in [0, 0.1) is 6.92 Å². The van der Waals surface area contributed by atoms with Crippen LogP contribution in [0.4, 0.5) is 11.4 Å². The highest BCUT2D eigenvalue weighted by Gasteiger charge is 2.25. The zero-order valence-corrected chi connectivity index (χ0v) is 17.2. The average Bonchev–Trinajstić information content (AvgIpc) is 2.68. The van der Waals surface area contributed by atoms with Crippen LogP contribution in [0.3, 0.4) is 0 Å². The summed E-state index contributed by atoms with van der Waals surface area (Å²) in [6, 6.07) is 14.8. The lowest BCUT2D eigenvalue weighted by atomic mass is 10.1. The van der Waals surface area contributed by atoms with Gasteiger partial charge in [-0.15, -0.1) is 0 Å². The van der Waals surface area contributed by atoms with Gasteiger partial charge >= 0.3 is 0 Å². The molecule has 0 aromatic heterocycles. The van der Waals surface area contributed by atoms with Crippen molar-refractivity contribution in [2.24, 2.45) is 0 Å². The molecule has 2 aromatic rings. The van der Waals surface area contributed by atoms with Crippen molar-refractivity contribution in [2.75, 3.05) is 44.1 Å². The highest BCUT2D eigenvalue weighted by Crippen LogP contribution is 2.26. The van der Waals surface area contributed by atoms with Crippen molar-refractivity contribution in [1.29, 1.82) is 0 Å². The lowest BCUT2D eigenvalue weighted by Crippen LogP contribution is -2.54. The maximum absolute atomic E-state index is 5.66. The summed E-state index contributed by atoms with van der Waals surface area (Å²) >= 11 is 5.66. The van der Waals surface area contributed by atoms with Crippen LogP contribution in [0.5, 0.6) is 11.5 Å². The van der Waals surface area contributed by atoms with Gasteiger partial charge in [-0.25, -0.2) is 0 Å². The highest BCUT2D eigenvalue weighted by atomic mass is 32.1. The summed E-state index contributed by atoms with van der Waals surface area (Å²) in [5.41, 5.74) is 3.41. The Balaban J connectivity index is 1.65. The number of hydrogen-bond acceptors (Lipinski definition) is 4. The van der Waals surface area contributed by atoms with E-state index < -0.39 is 0 Å². The van der Waals surface area contributed by atoms with E-state index in [2.05, 4.69) is 53.2 Å². The maximum Gasteiger partial charge on any atom is 0.173 e. The molecule has 2 aromatic carbocycles. The molecule has 1 unspecified atom stereocenters. The Morgan fingerprint density at radius 1 is 1.04 bits per heavy atom. The van der Waals surface area contributed by atoms with Crippen molar-refractivity contribution in [3.63, 3.8) is 0 Å². The molecular formula is C21H27N3O2S. The molecule has 1 atom stereocenters. The first-order chi connectivity index (χ1) is 13.0. The minimum Gasteiger partial charge on any atom is -0.497 e. The topological polar surface area (TPSA) is 37.0 Å². The third-order valence-corrected chi connectivity index (χ3v) is 5.24. The average molecular weight is 386 g/mol. The van der Waals surface area contributed by atoms with Crippen molar-refractivity contribution in [1.82, 2.24) is 4.90 Å². The van der Waals surface area contributed by atoms with Gasteiger partial charge in [-0.3, -0.25) is 0 Å². The number of aryl methyl sites for hydroxylation is 1. The van der Waals surface area contributed by atoms with Crippen LogP contribution < -0.4 is 19.7 Å². The van der Waals surface area contributed by atoms with Gasteiger partial charge in [0, 0.05) is 55.2 Å². The molecule has 1 aliphatic rings.